The summed E-state index contributed by atoms with van der Waals surface area (Å²) in [5.74, 6) is 0.919. The molecule has 0 atom stereocenters. The van der Waals surface area contributed by atoms with Crippen molar-refractivity contribution in [3.63, 3.8) is 0 Å². The zero-order chi connectivity index (χ0) is 16.2. The quantitative estimate of drug-likeness (QED) is 0.872. The van der Waals surface area contributed by atoms with Crippen LogP contribution in [0, 0.1) is 0 Å². The summed E-state index contributed by atoms with van der Waals surface area (Å²) in [6, 6.07) is 8.17. The highest BCUT2D eigenvalue weighted by Crippen LogP contribution is 2.21. The van der Waals surface area contributed by atoms with E-state index in [-0.39, 0.29) is 11.1 Å². The summed E-state index contributed by atoms with van der Waals surface area (Å²) < 4.78 is 0. The second-order valence-electron chi connectivity index (χ2n) is 7.35. The van der Waals surface area contributed by atoms with Crippen molar-refractivity contribution in [2.45, 2.75) is 52.1 Å². The van der Waals surface area contributed by atoms with Gasteiger partial charge in [-0.05, 0) is 70.9 Å². The minimum atomic E-state index is -0.0661. The van der Waals surface area contributed by atoms with Gasteiger partial charge in [-0.2, -0.15) is 0 Å². The third-order valence-corrected chi connectivity index (χ3v) is 3.12. The van der Waals surface area contributed by atoms with E-state index in [1.165, 1.54) is 5.56 Å². The second-order valence-corrected chi connectivity index (χ2v) is 7.35. The van der Waals surface area contributed by atoms with E-state index in [1.807, 2.05) is 24.5 Å². The van der Waals surface area contributed by atoms with Gasteiger partial charge in [0.1, 0.15) is 5.82 Å². The maximum Gasteiger partial charge on any atom is 0.126 e. The SMILES string of the molecule is CC(C)(C)Nc1cc(CC(C)(C)Nc2cccnc2)ccn1. The summed E-state index contributed by atoms with van der Waals surface area (Å²) in [5, 5.41) is 6.95. The molecule has 0 saturated heterocycles. The maximum atomic E-state index is 4.40. The Labute approximate surface area is 133 Å². The lowest BCUT2D eigenvalue weighted by atomic mass is 9.95. The van der Waals surface area contributed by atoms with Crippen LogP contribution in [-0.4, -0.2) is 21.0 Å². The number of nitrogens with zero attached hydrogens (tertiary/aromatic N) is 2. The molecule has 0 spiro atoms. The molecule has 2 aromatic rings. The predicted molar refractivity (Wildman–Crippen MR) is 93.3 cm³/mol. The lowest BCUT2D eigenvalue weighted by Gasteiger charge is -2.28. The number of rotatable bonds is 5. The summed E-state index contributed by atoms with van der Waals surface area (Å²) >= 11 is 0. The van der Waals surface area contributed by atoms with Gasteiger partial charge in [-0.15, -0.1) is 0 Å². The molecule has 4 heteroatoms. The third-order valence-electron chi connectivity index (χ3n) is 3.12. The summed E-state index contributed by atoms with van der Waals surface area (Å²) in [5.41, 5.74) is 2.23. The van der Waals surface area contributed by atoms with Gasteiger partial charge in [0, 0.05) is 29.7 Å². The summed E-state index contributed by atoms with van der Waals surface area (Å²) in [6.45, 7) is 10.8. The van der Waals surface area contributed by atoms with Crippen molar-refractivity contribution in [2.24, 2.45) is 0 Å². The van der Waals surface area contributed by atoms with E-state index in [4.69, 9.17) is 0 Å². The van der Waals surface area contributed by atoms with Crippen molar-refractivity contribution in [1.82, 2.24) is 9.97 Å². The van der Waals surface area contributed by atoms with Gasteiger partial charge in [-0.1, -0.05) is 0 Å². The Morgan fingerprint density at radius 3 is 2.41 bits per heavy atom. The summed E-state index contributed by atoms with van der Waals surface area (Å²) in [7, 11) is 0. The Bertz CT molecular complexity index is 600. The molecule has 0 aliphatic carbocycles. The largest absolute Gasteiger partial charge is 0.379 e. The highest BCUT2D eigenvalue weighted by molar-refractivity contribution is 5.44. The van der Waals surface area contributed by atoms with Crippen LogP contribution in [0.4, 0.5) is 11.5 Å². The third kappa shape index (κ3) is 5.35. The Hall–Kier alpha value is -2.10. The zero-order valence-electron chi connectivity index (χ0n) is 14.1. The van der Waals surface area contributed by atoms with Gasteiger partial charge in [-0.25, -0.2) is 4.98 Å². The van der Waals surface area contributed by atoms with Crippen molar-refractivity contribution < 1.29 is 0 Å². The van der Waals surface area contributed by atoms with Crippen LogP contribution in [0.15, 0.2) is 42.9 Å². The Kier molecular flexibility index (Phi) is 4.69. The monoisotopic (exact) mass is 298 g/mol. The molecule has 0 amide bonds. The molecule has 0 aromatic carbocycles. The molecule has 22 heavy (non-hydrogen) atoms. The highest BCUT2D eigenvalue weighted by atomic mass is 15.0. The smallest absolute Gasteiger partial charge is 0.126 e. The first kappa shape index (κ1) is 16.3. The van der Waals surface area contributed by atoms with Gasteiger partial charge >= 0.3 is 0 Å². The fraction of sp³-hybridized carbons (Fsp3) is 0.444. The molecule has 2 heterocycles. The Balaban J connectivity index is 2.07. The second kappa shape index (κ2) is 6.34. The van der Waals surface area contributed by atoms with Crippen LogP contribution in [-0.2, 0) is 6.42 Å². The first-order chi connectivity index (χ1) is 10.2. The average Bonchev–Trinajstić information content (AvgIpc) is 2.36. The van der Waals surface area contributed by atoms with E-state index in [0.29, 0.717) is 0 Å². The number of aromatic nitrogens is 2. The average molecular weight is 298 g/mol. The van der Waals surface area contributed by atoms with Crippen LogP contribution in [0.3, 0.4) is 0 Å². The predicted octanol–water partition coefficient (Wildman–Crippen LogP) is 4.12. The van der Waals surface area contributed by atoms with E-state index in [2.05, 4.69) is 67.4 Å². The highest BCUT2D eigenvalue weighted by Gasteiger charge is 2.19. The minimum absolute atomic E-state index is 0.00903. The van der Waals surface area contributed by atoms with Gasteiger partial charge in [0.25, 0.3) is 0 Å². The van der Waals surface area contributed by atoms with E-state index >= 15 is 0 Å². The minimum Gasteiger partial charge on any atom is -0.379 e. The standard InChI is InChI=1S/C18H26N4/c1-17(2,3)22-16-11-14(8-10-20-16)12-18(4,5)21-15-7-6-9-19-13-15/h6-11,13,21H,12H2,1-5H3,(H,20,22). The van der Waals surface area contributed by atoms with E-state index < -0.39 is 0 Å². The molecule has 2 rings (SSSR count). The van der Waals surface area contributed by atoms with Crippen LogP contribution in [0.5, 0.6) is 0 Å². The Morgan fingerprint density at radius 2 is 1.77 bits per heavy atom. The normalized spacial score (nSPS) is 12.0. The van der Waals surface area contributed by atoms with E-state index in [9.17, 15) is 0 Å². The first-order valence-electron chi connectivity index (χ1n) is 7.65. The van der Waals surface area contributed by atoms with Crippen molar-refractivity contribution in [3.05, 3.63) is 48.4 Å². The maximum absolute atomic E-state index is 4.40. The number of nitrogens with one attached hydrogen (secondary N) is 2. The van der Waals surface area contributed by atoms with Crippen LogP contribution in [0.25, 0.3) is 0 Å². The van der Waals surface area contributed by atoms with Gasteiger partial charge in [0.2, 0.25) is 0 Å². The lowest BCUT2D eigenvalue weighted by molar-refractivity contribution is 0.563. The van der Waals surface area contributed by atoms with Crippen LogP contribution < -0.4 is 10.6 Å². The Morgan fingerprint density at radius 1 is 1.00 bits per heavy atom. The molecular formula is C18H26N4. The number of hydrogen-bond donors (Lipinski definition) is 2. The summed E-state index contributed by atoms with van der Waals surface area (Å²) in [4.78, 5) is 8.55. The number of anilines is 2. The number of pyridine rings is 2. The molecule has 2 N–H and O–H groups in total. The van der Waals surface area contributed by atoms with Crippen LogP contribution >= 0.6 is 0 Å². The van der Waals surface area contributed by atoms with Crippen LogP contribution in [0.2, 0.25) is 0 Å². The lowest BCUT2D eigenvalue weighted by Crippen LogP contribution is -2.33. The van der Waals surface area contributed by atoms with Gasteiger partial charge in [0.05, 0.1) is 5.69 Å². The van der Waals surface area contributed by atoms with Crippen molar-refractivity contribution in [3.8, 4) is 0 Å². The molecule has 2 aromatic heterocycles. The summed E-state index contributed by atoms with van der Waals surface area (Å²) in [6.07, 6.45) is 6.40. The van der Waals surface area contributed by atoms with Gasteiger partial charge in [0.15, 0.2) is 0 Å². The molecule has 0 unspecified atom stereocenters. The van der Waals surface area contributed by atoms with Crippen LogP contribution in [0.1, 0.15) is 40.2 Å². The number of hydrogen-bond acceptors (Lipinski definition) is 4. The fourth-order valence-corrected chi connectivity index (χ4v) is 2.42. The molecule has 4 nitrogen and oxygen atoms in total. The fourth-order valence-electron chi connectivity index (χ4n) is 2.42. The molecule has 0 aliphatic rings. The van der Waals surface area contributed by atoms with E-state index in [0.717, 1.165) is 17.9 Å². The van der Waals surface area contributed by atoms with Gasteiger partial charge < -0.3 is 10.6 Å². The molecule has 0 saturated carbocycles. The molecule has 0 bridgehead atoms. The van der Waals surface area contributed by atoms with Crippen molar-refractivity contribution >= 4 is 11.5 Å². The molecular weight excluding hydrogens is 272 g/mol. The topological polar surface area (TPSA) is 49.8 Å². The van der Waals surface area contributed by atoms with Crippen molar-refractivity contribution in [2.75, 3.05) is 10.6 Å². The van der Waals surface area contributed by atoms with E-state index in [1.54, 1.807) is 6.20 Å². The molecule has 0 fully saturated rings. The van der Waals surface area contributed by atoms with Crippen molar-refractivity contribution in [1.29, 1.82) is 0 Å². The zero-order valence-corrected chi connectivity index (χ0v) is 14.1. The molecule has 0 radical (unpaired) electrons. The first-order valence-corrected chi connectivity index (χ1v) is 7.65. The molecule has 0 aliphatic heterocycles. The van der Waals surface area contributed by atoms with Gasteiger partial charge in [-0.3, -0.25) is 4.98 Å². The molecule has 118 valence electrons.